The zero-order valence-corrected chi connectivity index (χ0v) is 21.4. The molecule has 0 spiro atoms. The summed E-state index contributed by atoms with van der Waals surface area (Å²) in [5.41, 5.74) is 2.07. The SMILES string of the molecule is CN=C(NCc1nc(-c2ccc(OC)cc2)n[nH]1)N1CCN(c2ccccc2OC)CC1.I. The summed E-state index contributed by atoms with van der Waals surface area (Å²) in [6.45, 7) is 4.04. The highest BCUT2D eigenvalue weighted by molar-refractivity contribution is 14.0. The van der Waals surface area contributed by atoms with Crippen LogP contribution in [0.15, 0.2) is 53.5 Å². The number of benzene rings is 2. The van der Waals surface area contributed by atoms with Crippen LogP contribution in [0.25, 0.3) is 11.4 Å². The van der Waals surface area contributed by atoms with Crippen LogP contribution in [0, 0.1) is 0 Å². The fourth-order valence-electron chi connectivity index (χ4n) is 3.79. The summed E-state index contributed by atoms with van der Waals surface area (Å²) < 4.78 is 10.7. The number of rotatable bonds is 6. The third-order valence-electron chi connectivity index (χ3n) is 5.51. The van der Waals surface area contributed by atoms with Gasteiger partial charge in [-0.05, 0) is 36.4 Å². The molecular weight excluding hydrogens is 533 g/mol. The van der Waals surface area contributed by atoms with Crippen molar-refractivity contribution in [3.05, 3.63) is 54.4 Å². The van der Waals surface area contributed by atoms with Gasteiger partial charge in [0, 0.05) is 38.8 Å². The summed E-state index contributed by atoms with van der Waals surface area (Å²) >= 11 is 0. The molecule has 176 valence electrons. The number of anilines is 1. The number of halogens is 1. The Morgan fingerprint density at radius 1 is 1.03 bits per heavy atom. The van der Waals surface area contributed by atoms with Gasteiger partial charge in [0.2, 0.25) is 0 Å². The van der Waals surface area contributed by atoms with Crippen LogP contribution in [0.5, 0.6) is 11.5 Å². The first-order valence-electron chi connectivity index (χ1n) is 10.6. The zero-order valence-electron chi connectivity index (χ0n) is 19.1. The maximum atomic E-state index is 5.51. The maximum Gasteiger partial charge on any atom is 0.194 e. The summed E-state index contributed by atoms with van der Waals surface area (Å²) in [7, 11) is 5.17. The molecule has 2 N–H and O–H groups in total. The monoisotopic (exact) mass is 563 g/mol. The first kappa shape index (κ1) is 24.6. The Bertz CT molecular complexity index is 1050. The Morgan fingerprint density at radius 3 is 2.42 bits per heavy atom. The average Bonchev–Trinajstić information content (AvgIpc) is 3.34. The van der Waals surface area contributed by atoms with Gasteiger partial charge in [-0.3, -0.25) is 10.1 Å². The number of hydrogen-bond donors (Lipinski definition) is 2. The Labute approximate surface area is 211 Å². The molecule has 33 heavy (non-hydrogen) atoms. The lowest BCUT2D eigenvalue weighted by atomic mass is 10.2. The van der Waals surface area contributed by atoms with E-state index in [1.807, 2.05) is 42.5 Å². The highest BCUT2D eigenvalue weighted by Gasteiger charge is 2.21. The van der Waals surface area contributed by atoms with Crippen LogP contribution < -0.4 is 19.7 Å². The molecule has 1 saturated heterocycles. The predicted octanol–water partition coefficient (Wildman–Crippen LogP) is 3.00. The number of piperazine rings is 1. The minimum absolute atomic E-state index is 0. The highest BCUT2D eigenvalue weighted by atomic mass is 127. The number of H-pyrrole nitrogens is 1. The van der Waals surface area contributed by atoms with Gasteiger partial charge in [0.1, 0.15) is 17.3 Å². The van der Waals surface area contributed by atoms with Crippen molar-refractivity contribution < 1.29 is 9.47 Å². The molecule has 0 radical (unpaired) electrons. The van der Waals surface area contributed by atoms with Crippen LogP contribution in [-0.4, -0.2) is 73.5 Å². The fourth-order valence-corrected chi connectivity index (χ4v) is 3.79. The molecule has 2 aromatic carbocycles. The van der Waals surface area contributed by atoms with Crippen molar-refractivity contribution in [2.24, 2.45) is 4.99 Å². The van der Waals surface area contributed by atoms with Gasteiger partial charge in [0.15, 0.2) is 11.8 Å². The molecule has 0 amide bonds. The molecular formula is C23H30IN7O2. The van der Waals surface area contributed by atoms with Crippen LogP contribution in [0.3, 0.4) is 0 Å². The smallest absolute Gasteiger partial charge is 0.194 e. The minimum Gasteiger partial charge on any atom is -0.497 e. The Kier molecular flexibility index (Phi) is 8.75. The van der Waals surface area contributed by atoms with E-state index in [0.29, 0.717) is 12.4 Å². The van der Waals surface area contributed by atoms with Gasteiger partial charge in [0.05, 0.1) is 26.5 Å². The normalized spacial score (nSPS) is 14.0. The quantitative estimate of drug-likeness (QED) is 0.271. The van der Waals surface area contributed by atoms with Gasteiger partial charge in [-0.1, -0.05) is 12.1 Å². The fraction of sp³-hybridized carbons (Fsp3) is 0.348. The van der Waals surface area contributed by atoms with Crippen molar-refractivity contribution in [1.29, 1.82) is 0 Å². The van der Waals surface area contributed by atoms with Crippen molar-refractivity contribution in [3.63, 3.8) is 0 Å². The third kappa shape index (κ3) is 5.86. The molecule has 10 heteroatoms. The number of nitrogens with zero attached hydrogens (tertiary/aromatic N) is 5. The first-order valence-corrected chi connectivity index (χ1v) is 10.6. The van der Waals surface area contributed by atoms with E-state index in [1.54, 1.807) is 21.3 Å². The van der Waals surface area contributed by atoms with Gasteiger partial charge in [-0.15, -0.1) is 24.0 Å². The van der Waals surface area contributed by atoms with Gasteiger partial charge < -0.3 is 24.6 Å². The standard InChI is InChI=1S/C23H29N7O2.HI/c1-24-23(30-14-12-29(13-15-30)19-6-4-5-7-20(19)32-3)25-16-21-26-22(28-27-21)17-8-10-18(31-2)11-9-17;/h4-11H,12-16H2,1-3H3,(H,24,25)(H,26,27,28);1H. The molecule has 0 unspecified atom stereocenters. The van der Waals surface area contributed by atoms with Crippen molar-refractivity contribution in [2.75, 3.05) is 52.3 Å². The first-order chi connectivity index (χ1) is 15.7. The maximum absolute atomic E-state index is 5.51. The minimum atomic E-state index is 0. The second kappa shape index (κ2) is 11.7. The van der Waals surface area contributed by atoms with E-state index in [0.717, 1.165) is 60.7 Å². The Balaban J connectivity index is 0.00000306. The van der Waals surface area contributed by atoms with E-state index in [4.69, 9.17) is 9.47 Å². The average molecular weight is 563 g/mol. The lowest BCUT2D eigenvalue weighted by Crippen LogP contribution is -2.52. The molecule has 3 aromatic rings. The number of methoxy groups -OCH3 is 2. The van der Waals surface area contributed by atoms with E-state index in [-0.39, 0.29) is 24.0 Å². The largest absolute Gasteiger partial charge is 0.497 e. The van der Waals surface area contributed by atoms with Crippen molar-refractivity contribution >= 4 is 35.6 Å². The molecule has 0 saturated carbocycles. The summed E-state index contributed by atoms with van der Waals surface area (Å²) in [6, 6.07) is 15.8. The van der Waals surface area contributed by atoms with Crippen LogP contribution in [0.2, 0.25) is 0 Å². The molecule has 1 aliphatic heterocycles. The van der Waals surface area contributed by atoms with Crippen LogP contribution in [0.4, 0.5) is 5.69 Å². The van der Waals surface area contributed by atoms with E-state index in [9.17, 15) is 0 Å². The number of hydrogen-bond acceptors (Lipinski definition) is 6. The highest BCUT2D eigenvalue weighted by Crippen LogP contribution is 2.28. The molecule has 1 aromatic heterocycles. The number of nitrogens with one attached hydrogen (secondary N) is 2. The summed E-state index contributed by atoms with van der Waals surface area (Å²) in [5, 5.41) is 10.7. The molecule has 9 nitrogen and oxygen atoms in total. The molecule has 0 atom stereocenters. The van der Waals surface area contributed by atoms with E-state index < -0.39 is 0 Å². The lowest BCUT2D eigenvalue weighted by molar-refractivity contribution is 0.366. The Morgan fingerprint density at radius 2 is 1.76 bits per heavy atom. The molecule has 1 aliphatic rings. The summed E-state index contributed by atoms with van der Waals surface area (Å²) in [6.07, 6.45) is 0. The molecule has 4 rings (SSSR count). The lowest BCUT2D eigenvalue weighted by Gasteiger charge is -2.38. The third-order valence-corrected chi connectivity index (χ3v) is 5.51. The van der Waals surface area contributed by atoms with Gasteiger partial charge in [-0.2, -0.15) is 5.10 Å². The second-order valence-corrected chi connectivity index (χ2v) is 7.38. The van der Waals surface area contributed by atoms with Crippen molar-refractivity contribution in [1.82, 2.24) is 25.4 Å². The Hall–Kier alpha value is -3.02. The van der Waals surface area contributed by atoms with Crippen LogP contribution in [-0.2, 0) is 6.54 Å². The van der Waals surface area contributed by atoms with Gasteiger partial charge in [0.25, 0.3) is 0 Å². The molecule has 1 fully saturated rings. The number of para-hydroxylation sites is 2. The molecule has 0 bridgehead atoms. The molecule has 0 aliphatic carbocycles. The molecule has 2 heterocycles. The van der Waals surface area contributed by atoms with Crippen LogP contribution in [0.1, 0.15) is 5.82 Å². The summed E-state index contributed by atoms with van der Waals surface area (Å²) in [5.74, 6) is 3.98. The number of guanidine groups is 1. The van der Waals surface area contributed by atoms with Crippen LogP contribution >= 0.6 is 24.0 Å². The summed E-state index contributed by atoms with van der Waals surface area (Å²) in [4.78, 5) is 13.7. The number of aliphatic imine (C=N–C) groups is 1. The zero-order chi connectivity index (χ0) is 22.3. The topological polar surface area (TPSA) is 90.9 Å². The number of aromatic nitrogens is 3. The van der Waals surface area contributed by atoms with E-state index in [2.05, 4.69) is 41.4 Å². The predicted molar refractivity (Wildman–Crippen MR) is 141 cm³/mol. The van der Waals surface area contributed by atoms with Gasteiger partial charge in [-0.25, -0.2) is 4.98 Å². The van der Waals surface area contributed by atoms with Crippen molar-refractivity contribution in [2.45, 2.75) is 6.54 Å². The van der Waals surface area contributed by atoms with E-state index in [1.165, 1.54) is 0 Å². The second-order valence-electron chi connectivity index (χ2n) is 7.38. The number of ether oxygens (including phenoxy) is 2. The van der Waals surface area contributed by atoms with Gasteiger partial charge >= 0.3 is 0 Å². The number of aromatic amines is 1. The van der Waals surface area contributed by atoms with E-state index >= 15 is 0 Å². The van der Waals surface area contributed by atoms with Crippen molar-refractivity contribution in [3.8, 4) is 22.9 Å².